The van der Waals surface area contributed by atoms with Gasteiger partial charge in [-0.2, -0.15) is 0 Å². The summed E-state index contributed by atoms with van der Waals surface area (Å²) >= 11 is 1.52. The summed E-state index contributed by atoms with van der Waals surface area (Å²) in [5.41, 5.74) is 1.96. The first-order chi connectivity index (χ1) is 10.6. The van der Waals surface area contributed by atoms with Crippen LogP contribution in [0.25, 0.3) is 11.3 Å². The molecule has 1 aliphatic rings. The molecule has 0 radical (unpaired) electrons. The Hall–Kier alpha value is -1.88. The topological polar surface area (TPSA) is 51.2 Å². The molecule has 1 fully saturated rings. The average Bonchev–Trinajstić information content (AvgIpc) is 3.12. The number of anilines is 1. The third-order valence-electron chi connectivity index (χ3n) is 3.91. The van der Waals surface area contributed by atoms with Gasteiger partial charge >= 0.3 is 0 Å². The van der Waals surface area contributed by atoms with Gasteiger partial charge < -0.3 is 10.1 Å². The number of thiazole rings is 1. The largest absolute Gasteiger partial charge is 0.494 e. The van der Waals surface area contributed by atoms with E-state index in [-0.39, 0.29) is 11.8 Å². The number of hydrogen-bond acceptors (Lipinski definition) is 4. The molecule has 0 unspecified atom stereocenters. The molecule has 1 aliphatic carbocycles. The summed E-state index contributed by atoms with van der Waals surface area (Å²) < 4.78 is 5.45. The summed E-state index contributed by atoms with van der Waals surface area (Å²) in [6.45, 7) is 6.75. The zero-order valence-corrected chi connectivity index (χ0v) is 13.9. The maximum atomic E-state index is 12.0. The zero-order valence-electron chi connectivity index (χ0n) is 13.1. The molecule has 0 spiro atoms. The van der Waals surface area contributed by atoms with Crippen molar-refractivity contribution in [3.8, 4) is 17.0 Å². The molecule has 3 rings (SSSR count). The van der Waals surface area contributed by atoms with Gasteiger partial charge in [-0.25, -0.2) is 4.98 Å². The van der Waals surface area contributed by atoms with Crippen LogP contribution in [0.5, 0.6) is 5.75 Å². The van der Waals surface area contributed by atoms with Gasteiger partial charge in [0.05, 0.1) is 12.3 Å². The first kappa shape index (κ1) is 15.0. The molecule has 1 heterocycles. The number of carbonyl (C=O) groups excluding carboxylic acids is 1. The normalized spacial score (nSPS) is 19.8. The quantitative estimate of drug-likeness (QED) is 0.903. The van der Waals surface area contributed by atoms with Crippen molar-refractivity contribution in [3.05, 3.63) is 29.1 Å². The molecule has 1 aromatic carbocycles. The highest BCUT2D eigenvalue weighted by molar-refractivity contribution is 7.16. The second kappa shape index (κ2) is 6.08. The fourth-order valence-electron chi connectivity index (χ4n) is 2.48. The third kappa shape index (κ3) is 3.14. The Balaban J connectivity index is 1.75. The van der Waals surface area contributed by atoms with Crippen molar-refractivity contribution in [1.82, 2.24) is 4.98 Å². The lowest BCUT2D eigenvalue weighted by molar-refractivity contribution is -0.117. The molecular weight excluding hydrogens is 296 g/mol. The molecule has 5 heteroatoms. The van der Waals surface area contributed by atoms with Gasteiger partial charge in [-0.15, -0.1) is 11.3 Å². The highest BCUT2D eigenvalue weighted by atomic mass is 32.1. The van der Waals surface area contributed by atoms with E-state index in [9.17, 15) is 4.79 Å². The number of benzene rings is 1. The Kier molecular flexibility index (Phi) is 4.16. The van der Waals surface area contributed by atoms with E-state index < -0.39 is 0 Å². The molecule has 116 valence electrons. The lowest BCUT2D eigenvalue weighted by Gasteiger charge is -2.04. The molecule has 1 saturated carbocycles. The lowest BCUT2D eigenvalue weighted by Crippen LogP contribution is -2.14. The first-order valence-corrected chi connectivity index (χ1v) is 8.41. The molecule has 0 saturated heterocycles. The van der Waals surface area contributed by atoms with Gasteiger partial charge in [0.15, 0.2) is 5.13 Å². The molecule has 0 bridgehead atoms. The van der Waals surface area contributed by atoms with Crippen molar-refractivity contribution in [2.45, 2.75) is 27.2 Å². The number of rotatable bonds is 5. The number of amides is 1. The number of ether oxygens (including phenoxy) is 1. The van der Waals surface area contributed by atoms with Gasteiger partial charge in [-0.3, -0.25) is 4.79 Å². The minimum absolute atomic E-state index is 0.0968. The van der Waals surface area contributed by atoms with Crippen molar-refractivity contribution in [1.29, 1.82) is 0 Å². The van der Waals surface area contributed by atoms with E-state index in [1.807, 2.05) is 38.1 Å². The summed E-state index contributed by atoms with van der Waals surface area (Å²) in [5.74, 6) is 1.62. The van der Waals surface area contributed by atoms with E-state index in [1.54, 1.807) is 0 Å². The predicted octanol–water partition coefficient (Wildman–Crippen LogP) is 4.11. The maximum absolute atomic E-state index is 12.0. The van der Waals surface area contributed by atoms with Crippen LogP contribution in [0.4, 0.5) is 5.13 Å². The van der Waals surface area contributed by atoms with Crippen LogP contribution in [0, 0.1) is 18.8 Å². The third-order valence-corrected chi connectivity index (χ3v) is 4.80. The Morgan fingerprint density at radius 3 is 2.68 bits per heavy atom. The van der Waals surface area contributed by atoms with E-state index in [0.29, 0.717) is 17.7 Å². The zero-order chi connectivity index (χ0) is 15.7. The summed E-state index contributed by atoms with van der Waals surface area (Å²) in [5, 5.41) is 3.63. The number of hydrogen-bond donors (Lipinski definition) is 1. The highest BCUT2D eigenvalue weighted by Gasteiger charge is 2.39. The molecule has 1 N–H and O–H groups in total. The number of nitrogens with one attached hydrogen (secondary N) is 1. The van der Waals surface area contributed by atoms with Crippen LogP contribution in [-0.4, -0.2) is 17.5 Å². The summed E-state index contributed by atoms with van der Waals surface area (Å²) in [4.78, 5) is 17.7. The van der Waals surface area contributed by atoms with Crippen molar-refractivity contribution >= 4 is 22.4 Å². The molecule has 4 nitrogen and oxygen atoms in total. The fraction of sp³-hybridized carbons (Fsp3) is 0.412. The average molecular weight is 316 g/mol. The van der Waals surface area contributed by atoms with E-state index in [4.69, 9.17) is 4.74 Å². The summed E-state index contributed by atoms with van der Waals surface area (Å²) in [6.07, 6.45) is 0.988. The van der Waals surface area contributed by atoms with Crippen molar-refractivity contribution in [2.24, 2.45) is 11.8 Å². The van der Waals surface area contributed by atoms with Crippen LogP contribution in [0.15, 0.2) is 24.3 Å². The maximum Gasteiger partial charge on any atom is 0.229 e. The van der Waals surface area contributed by atoms with Crippen molar-refractivity contribution in [2.75, 3.05) is 11.9 Å². The second-order valence-corrected chi connectivity index (χ2v) is 6.89. The Morgan fingerprint density at radius 1 is 1.41 bits per heavy atom. The van der Waals surface area contributed by atoms with Gasteiger partial charge in [0.2, 0.25) is 5.91 Å². The van der Waals surface area contributed by atoms with Gasteiger partial charge in [0.1, 0.15) is 5.75 Å². The number of aromatic nitrogens is 1. The van der Waals surface area contributed by atoms with Gasteiger partial charge in [0, 0.05) is 16.4 Å². The number of aryl methyl sites for hydroxylation is 1. The predicted molar refractivity (Wildman–Crippen MR) is 89.4 cm³/mol. The van der Waals surface area contributed by atoms with E-state index in [2.05, 4.69) is 17.2 Å². The van der Waals surface area contributed by atoms with Crippen LogP contribution in [0.1, 0.15) is 25.1 Å². The molecule has 0 aliphatic heterocycles. The van der Waals surface area contributed by atoms with Crippen LogP contribution in [0.3, 0.4) is 0 Å². The summed E-state index contributed by atoms with van der Waals surface area (Å²) in [7, 11) is 0. The van der Waals surface area contributed by atoms with E-state index in [0.717, 1.165) is 28.3 Å². The first-order valence-electron chi connectivity index (χ1n) is 7.60. The number of nitrogens with zero attached hydrogens (tertiary/aromatic N) is 1. The fourth-order valence-corrected chi connectivity index (χ4v) is 3.32. The molecule has 2 atom stereocenters. The highest BCUT2D eigenvalue weighted by Crippen LogP contribution is 2.39. The van der Waals surface area contributed by atoms with Gasteiger partial charge in [-0.05, 0) is 50.5 Å². The van der Waals surface area contributed by atoms with Crippen LogP contribution < -0.4 is 10.1 Å². The minimum atomic E-state index is 0.0968. The van der Waals surface area contributed by atoms with E-state index in [1.165, 1.54) is 11.3 Å². The molecule has 22 heavy (non-hydrogen) atoms. The van der Waals surface area contributed by atoms with Crippen LogP contribution in [-0.2, 0) is 4.79 Å². The van der Waals surface area contributed by atoms with E-state index >= 15 is 0 Å². The molecular formula is C17H20N2O2S. The van der Waals surface area contributed by atoms with Gasteiger partial charge in [-0.1, -0.05) is 6.92 Å². The summed E-state index contributed by atoms with van der Waals surface area (Å²) in [6, 6.07) is 7.90. The number of carbonyl (C=O) groups is 1. The second-order valence-electron chi connectivity index (χ2n) is 5.69. The molecule has 1 aromatic heterocycles. The standard InChI is InChI=1S/C17H20N2O2S/c1-4-21-13-7-5-12(6-8-13)15-11(3)22-17(18-15)19-16(20)14-9-10(14)2/h5-8,10,14H,4,9H2,1-3H3,(H,18,19,20)/t10-,14-/m0/s1. The Bertz CT molecular complexity index is 678. The van der Waals surface area contributed by atoms with Crippen LogP contribution in [0.2, 0.25) is 0 Å². The molecule has 1 amide bonds. The Labute approximate surface area is 134 Å². The molecule has 2 aromatic rings. The van der Waals surface area contributed by atoms with Gasteiger partial charge in [0.25, 0.3) is 0 Å². The van der Waals surface area contributed by atoms with Crippen molar-refractivity contribution < 1.29 is 9.53 Å². The van der Waals surface area contributed by atoms with Crippen LogP contribution >= 0.6 is 11.3 Å². The minimum Gasteiger partial charge on any atom is -0.494 e. The SMILES string of the molecule is CCOc1ccc(-c2nc(NC(=O)[C@H]3C[C@@H]3C)sc2C)cc1. The monoisotopic (exact) mass is 316 g/mol. The Morgan fingerprint density at radius 2 is 2.09 bits per heavy atom. The lowest BCUT2D eigenvalue weighted by atomic mass is 10.1. The smallest absolute Gasteiger partial charge is 0.229 e. The van der Waals surface area contributed by atoms with Crippen molar-refractivity contribution in [3.63, 3.8) is 0 Å².